The summed E-state index contributed by atoms with van der Waals surface area (Å²) in [5.74, 6) is -0.254. The van der Waals surface area contributed by atoms with Gasteiger partial charge in [-0.15, -0.1) is 0 Å². The van der Waals surface area contributed by atoms with E-state index in [0.29, 0.717) is 22.4 Å². The van der Waals surface area contributed by atoms with E-state index in [4.69, 9.17) is 5.11 Å². The monoisotopic (exact) mass is 412 g/mol. The average molecular weight is 413 g/mol. The third-order valence-corrected chi connectivity index (χ3v) is 4.77. The minimum atomic E-state index is -0.986. The minimum absolute atomic E-state index is 0.0923. The smallest absolute Gasteiger partial charge is 0.335 e. The van der Waals surface area contributed by atoms with Crippen LogP contribution in [0.4, 0.5) is 0 Å². The molecule has 3 rings (SSSR count). The van der Waals surface area contributed by atoms with Crippen molar-refractivity contribution in [1.29, 1.82) is 0 Å². The Morgan fingerprint density at radius 3 is 2.13 bits per heavy atom. The van der Waals surface area contributed by atoms with Crippen molar-refractivity contribution in [1.82, 2.24) is 9.97 Å². The molecule has 30 heavy (non-hydrogen) atoms. The van der Waals surface area contributed by atoms with E-state index in [-0.39, 0.29) is 28.7 Å². The summed E-state index contributed by atoms with van der Waals surface area (Å²) in [6.45, 7) is 14.5. The van der Waals surface area contributed by atoms with E-state index >= 15 is 0 Å². The van der Waals surface area contributed by atoms with Crippen molar-refractivity contribution >= 4 is 17.0 Å². The standard InChI is InChI=1S/C22H26N2O3.C2H6O/c1-21(2,3)13-10-14(18(25)15(11-13)22(4,5)6)19-23-16-8-7-12(20(26)27)9-17(16)24-19;1-2-3/h7-11,25H,1-6H3,(H,23,24)(H,26,27);3H,2H2,1H3. The Hall–Kier alpha value is -2.86. The van der Waals surface area contributed by atoms with Crippen LogP contribution in [0.1, 0.15) is 70.0 Å². The van der Waals surface area contributed by atoms with Crippen LogP contribution in [0, 0.1) is 0 Å². The molecule has 0 fully saturated rings. The summed E-state index contributed by atoms with van der Waals surface area (Å²) < 4.78 is 0. The number of aromatic nitrogens is 2. The molecule has 0 bridgehead atoms. The molecule has 6 nitrogen and oxygen atoms in total. The molecular weight excluding hydrogens is 380 g/mol. The number of nitrogens with one attached hydrogen (secondary N) is 1. The van der Waals surface area contributed by atoms with Gasteiger partial charge in [-0.05, 0) is 47.6 Å². The van der Waals surface area contributed by atoms with Gasteiger partial charge in [-0.3, -0.25) is 0 Å². The maximum Gasteiger partial charge on any atom is 0.335 e. The van der Waals surface area contributed by atoms with Crippen molar-refractivity contribution in [3.05, 3.63) is 47.0 Å². The van der Waals surface area contributed by atoms with Crippen molar-refractivity contribution in [3.63, 3.8) is 0 Å². The molecule has 0 amide bonds. The van der Waals surface area contributed by atoms with E-state index < -0.39 is 5.97 Å². The van der Waals surface area contributed by atoms with Crippen molar-refractivity contribution in [2.75, 3.05) is 6.61 Å². The quantitative estimate of drug-likeness (QED) is 0.461. The highest BCUT2D eigenvalue weighted by atomic mass is 16.4. The highest BCUT2D eigenvalue weighted by molar-refractivity contribution is 5.93. The van der Waals surface area contributed by atoms with Crippen molar-refractivity contribution in [2.24, 2.45) is 0 Å². The van der Waals surface area contributed by atoms with Crippen LogP contribution in [0.15, 0.2) is 30.3 Å². The number of carboxylic acids is 1. The molecule has 0 spiro atoms. The molecular formula is C24H32N2O4. The first kappa shape index (κ1) is 23.4. The zero-order valence-corrected chi connectivity index (χ0v) is 18.8. The van der Waals surface area contributed by atoms with Crippen LogP contribution in [-0.2, 0) is 10.8 Å². The number of nitrogens with zero attached hydrogens (tertiary/aromatic N) is 1. The van der Waals surface area contributed by atoms with Crippen LogP contribution >= 0.6 is 0 Å². The number of phenolic OH excluding ortho intramolecular Hbond substituents is 1. The number of carboxylic acid groups (broad SMARTS) is 1. The fourth-order valence-electron chi connectivity index (χ4n) is 3.09. The Bertz CT molecular complexity index is 1050. The summed E-state index contributed by atoms with van der Waals surface area (Å²) in [6, 6.07) is 8.78. The number of fused-ring (bicyclic) bond motifs is 1. The second-order valence-electron chi connectivity index (χ2n) is 9.36. The normalized spacial score (nSPS) is 11.9. The van der Waals surface area contributed by atoms with Crippen LogP contribution in [-0.4, -0.2) is 37.9 Å². The largest absolute Gasteiger partial charge is 0.507 e. The molecule has 0 aliphatic rings. The van der Waals surface area contributed by atoms with Gasteiger partial charge in [0.2, 0.25) is 0 Å². The minimum Gasteiger partial charge on any atom is -0.507 e. The lowest BCUT2D eigenvalue weighted by Gasteiger charge is -2.27. The first-order valence-corrected chi connectivity index (χ1v) is 10.0. The zero-order valence-electron chi connectivity index (χ0n) is 18.8. The summed E-state index contributed by atoms with van der Waals surface area (Å²) in [4.78, 5) is 19.0. The third-order valence-electron chi connectivity index (χ3n) is 4.77. The molecule has 2 aromatic carbocycles. The van der Waals surface area contributed by atoms with Gasteiger partial charge in [0.25, 0.3) is 0 Å². The molecule has 0 aliphatic carbocycles. The highest BCUT2D eigenvalue weighted by Crippen LogP contribution is 2.41. The zero-order chi connectivity index (χ0) is 22.9. The van der Waals surface area contributed by atoms with Gasteiger partial charge >= 0.3 is 5.97 Å². The number of H-pyrrole nitrogens is 1. The van der Waals surface area contributed by atoms with Crippen LogP contribution in [0.2, 0.25) is 0 Å². The van der Waals surface area contributed by atoms with E-state index in [0.717, 1.165) is 11.1 Å². The van der Waals surface area contributed by atoms with Gasteiger partial charge in [-0.2, -0.15) is 0 Å². The number of aromatic amines is 1. The number of benzene rings is 2. The Labute approximate surface area is 177 Å². The lowest BCUT2D eigenvalue weighted by molar-refractivity contribution is 0.0697. The number of imidazole rings is 1. The molecule has 162 valence electrons. The summed E-state index contributed by atoms with van der Waals surface area (Å²) in [6.07, 6.45) is 0. The summed E-state index contributed by atoms with van der Waals surface area (Å²) in [5, 5.41) is 27.7. The van der Waals surface area contributed by atoms with Gasteiger partial charge in [-0.1, -0.05) is 47.6 Å². The number of aromatic carboxylic acids is 1. The molecule has 0 saturated carbocycles. The molecule has 1 heterocycles. The molecule has 0 saturated heterocycles. The summed E-state index contributed by atoms with van der Waals surface area (Å²) in [5.41, 5.74) is 3.74. The van der Waals surface area contributed by atoms with Gasteiger partial charge < -0.3 is 20.3 Å². The molecule has 0 atom stereocenters. The number of phenols is 1. The predicted molar refractivity (Wildman–Crippen MR) is 120 cm³/mol. The Morgan fingerprint density at radius 1 is 1.03 bits per heavy atom. The van der Waals surface area contributed by atoms with Gasteiger partial charge in [0.05, 0.1) is 22.2 Å². The van der Waals surface area contributed by atoms with E-state index in [1.807, 2.05) is 6.07 Å². The Balaban J connectivity index is 0.00000101. The topological polar surface area (TPSA) is 106 Å². The fourth-order valence-corrected chi connectivity index (χ4v) is 3.09. The molecule has 0 aliphatic heterocycles. The van der Waals surface area contributed by atoms with Crippen LogP contribution in [0.3, 0.4) is 0 Å². The van der Waals surface area contributed by atoms with Gasteiger partial charge in [-0.25, -0.2) is 9.78 Å². The van der Waals surface area contributed by atoms with Crippen LogP contribution < -0.4 is 0 Å². The first-order chi connectivity index (χ1) is 13.8. The SMILES string of the molecule is CC(C)(C)c1cc(-c2nc3ccc(C(=O)O)cc3[nH]2)c(O)c(C(C)(C)C)c1.CCO. The van der Waals surface area contributed by atoms with E-state index in [2.05, 4.69) is 57.6 Å². The van der Waals surface area contributed by atoms with Crippen molar-refractivity contribution in [2.45, 2.75) is 59.3 Å². The van der Waals surface area contributed by atoms with Gasteiger partial charge in [0.15, 0.2) is 0 Å². The number of aliphatic hydroxyl groups excluding tert-OH is 1. The number of hydrogen-bond acceptors (Lipinski definition) is 4. The molecule has 1 aromatic heterocycles. The lowest BCUT2D eigenvalue weighted by atomic mass is 9.79. The van der Waals surface area contributed by atoms with Gasteiger partial charge in [0.1, 0.15) is 11.6 Å². The van der Waals surface area contributed by atoms with E-state index in [1.54, 1.807) is 19.1 Å². The van der Waals surface area contributed by atoms with Crippen molar-refractivity contribution in [3.8, 4) is 17.1 Å². The molecule has 0 radical (unpaired) electrons. The van der Waals surface area contributed by atoms with Crippen LogP contribution in [0.25, 0.3) is 22.4 Å². The maximum atomic E-state index is 11.2. The molecule has 6 heteroatoms. The Morgan fingerprint density at radius 2 is 1.63 bits per heavy atom. The number of carbonyl (C=O) groups is 1. The second kappa shape index (κ2) is 8.48. The van der Waals surface area contributed by atoms with Crippen molar-refractivity contribution < 1.29 is 20.1 Å². The maximum absolute atomic E-state index is 11.2. The number of aromatic hydroxyl groups is 1. The van der Waals surface area contributed by atoms with E-state index in [1.165, 1.54) is 6.07 Å². The number of rotatable bonds is 2. The molecule has 3 aromatic rings. The summed E-state index contributed by atoms with van der Waals surface area (Å²) >= 11 is 0. The number of aliphatic hydroxyl groups is 1. The number of hydrogen-bond donors (Lipinski definition) is 4. The lowest BCUT2D eigenvalue weighted by Crippen LogP contribution is -2.17. The first-order valence-electron chi connectivity index (χ1n) is 10.0. The highest BCUT2D eigenvalue weighted by Gasteiger charge is 2.26. The van der Waals surface area contributed by atoms with E-state index in [9.17, 15) is 15.0 Å². The average Bonchev–Trinajstić information content (AvgIpc) is 3.03. The van der Waals surface area contributed by atoms with Crippen LogP contribution in [0.5, 0.6) is 5.75 Å². The Kier molecular flexibility index (Phi) is 6.62. The summed E-state index contributed by atoms with van der Waals surface area (Å²) in [7, 11) is 0. The van der Waals surface area contributed by atoms with Gasteiger partial charge in [0, 0.05) is 12.2 Å². The predicted octanol–water partition coefficient (Wildman–Crippen LogP) is 5.23. The molecule has 0 unspecified atom stereocenters. The molecule has 4 N–H and O–H groups in total. The third kappa shape index (κ3) is 5.00. The second-order valence-corrected chi connectivity index (χ2v) is 9.36. The fraction of sp³-hybridized carbons (Fsp3) is 0.417.